The number of nitrogens with zero attached hydrogens (tertiary/aromatic N) is 3. The van der Waals surface area contributed by atoms with Crippen LogP contribution < -0.4 is 5.32 Å². The molecule has 0 radical (unpaired) electrons. The molecule has 7 nitrogen and oxygen atoms in total. The summed E-state index contributed by atoms with van der Waals surface area (Å²) in [5, 5.41) is 12.6. The Bertz CT molecular complexity index is 611. The summed E-state index contributed by atoms with van der Waals surface area (Å²) in [6.07, 6.45) is 0.960. The molecular formula is C13H21ClF2N4O3Si. The summed E-state index contributed by atoms with van der Waals surface area (Å²) in [5.41, 5.74) is -0.639. The van der Waals surface area contributed by atoms with Crippen molar-refractivity contribution < 1.29 is 18.1 Å². The van der Waals surface area contributed by atoms with Crippen molar-refractivity contribution in [2.75, 3.05) is 18.5 Å². The van der Waals surface area contributed by atoms with Gasteiger partial charge in [0.1, 0.15) is 6.33 Å². The highest BCUT2D eigenvalue weighted by atomic mass is 35.5. The van der Waals surface area contributed by atoms with Crippen LogP contribution in [0.4, 0.5) is 20.3 Å². The third-order valence-electron chi connectivity index (χ3n) is 3.93. The molecule has 1 heterocycles. The van der Waals surface area contributed by atoms with Gasteiger partial charge in [-0.3, -0.25) is 10.1 Å². The molecule has 0 aliphatic rings. The minimum absolute atomic E-state index is 0.199. The number of nitrogens with one attached hydrogen (secondary N) is 1. The largest absolute Gasteiger partial charge is 0.411 e. The second kappa shape index (κ2) is 7.24. The lowest BCUT2D eigenvalue weighted by Gasteiger charge is -2.37. The Labute approximate surface area is 145 Å². The SMILES string of the molecule is CC(C)(C)[Si](C)(C)OCC(F)(F)CNc1ncnc(Cl)c1[N+](=O)[O-]. The number of aromatic nitrogens is 2. The molecule has 0 bridgehead atoms. The fourth-order valence-electron chi connectivity index (χ4n) is 1.42. The van der Waals surface area contributed by atoms with Crippen molar-refractivity contribution in [1.29, 1.82) is 0 Å². The van der Waals surface area contributed by atoms with Gasteiger partial charge in [-0.2, -0.15) is 0 Å². The van der Waals surface area contributed by atoms with Crippen LogP contribution in [-0.4, -0.2) is 42.3 Å². The Morgan fingerprint density at radius 3 is 2.46 bits per heavy atom. The second-order valence-electron chi connectivity index (χ2n) is 6.88. The van der Waals surface area contributed by atoms with Crippen molar-refractivity contribution in [3.63, 3.8) is 0 Å². The standard InChI is InChI=1S/C13H21ClF2N4O3Si/c1-12(2,3)24(4,5)23-7-13(15,16)6-17-11-9(20(21)22)10(14)18-8-19-11/h8H,6-7H2,1-5H3,(H,17,18,19). The van der Waals surface area contributed by atoms with Crippen molar-refractivity contribution in [1.82, 2.24) is 9.97 Å². The molecule has 0 saturated heterocycles. The molecule has 0 aromatic carbocycles. The van der Waals surface area contributed by atoms with Crippen LogP contribution in [0.5, 0.6) is 0 Å². The Balaban J connectivity index is 2.77. The maximum Gasteiger partial charge on any atom is 0.348 e. The second-order valence-corrected chi connectivity index (χ2v) is 12.0. The number of anilines is 1. The summed E-state index contributed by atoms with van der Waals surface area (Å²) in [4.78, 5) is 17.2. The zero-order valence-electron chi connectivity index (χ0n) is 14.2. The van der Waals surface area contributed by atoms with E-state index >= 15 is 0 Å². The van der Waals surface area contributed by atoms with E-state index in [0.29, 0.717) is 0 Å². The summed E-state index contributed by atoms with van der Waals surface area (Å²) in [5.74, 6) is -3.58. The summed E-state index contributed by atoms with van der Waals surface area (Å²) in [6.45, 7) is 7.93. The number of hydrogen-bond acceptors (Lipinski definition) is 6. The topological polar surface area (TPSA) is 90.2 Å². The first-order valence-electron chi connectivity index (χ1n) is 7.17. The highest BCUT2D eigenvalue weighted by Gasteiger charge is 2.41. The molecular weight excluding hydrogens is 362 g/mol. The van der Waals surface area contributed by atoms with E-state index < -0.39 is 43.2 Å². The predicted molar refractivity (Wildman–Crippen MR) is 90.3 cm³/mol. The fraction of sp³-hybridized carbons (Fsp3) is 0.692. The Morgan fingerprint density at radius 2 is 1.96 bits per heavy atom. The van der Waals surface area contributed by atoms with E-state index in [1.807, 2.05) is 33.9 Å². The number of rotatable bonds is 7. The lowest BCUT2D eigenvalue weighted by atomic mass is 10.2. The average molecular weight is 383 g/mol. The lowest BCUT2D eigenvalue weighted by Crippen LogP contribution is -2.45. The molecule has 0 spiro atoms. The first-order valence-corrected chi connectivity index (χ1v) is 10.5. The van der Waals surface area contributed by atoms with Gasteiger partial charge in [-0.25, -0.2) is 18.7 Å². The van der Waals surface area contributed by atoms with Gasteiger partial charge in [0, 0.05) is 0 Å². The smallest absolute Gasteiger partial charge is 0.348 e. The van der Waals surface area contributed by atoms with E-state index in [4.69, 9.17) is 16.0 Å². The quantitative estimate of drug-likeness (QED) is 0.330. The molecule has 136 valence electrons. The van der Waals surface area contributed by atoms with Gasteiger partial charge in [0.25, 0.3) is 5.92 Å². The number of alkyl halides is 2. The lowest BCUT2D eigenvalue weighted by molar-refractivity contribution is -0.384. The molecule has 0 saturated carbocycles. The molecule has 1 N–H and O–H groups in total. The van der Waals surface area contributed by atoms with Crippen LogP contribution in [0.25, 0.3) is 0 Å². The van der Waals surface area contributed by atoms with Gasteiger partial charge in [-0.05, 0) is 18.1 Å². The molecule has 24 heavy (non-hydrogen) atoms. The maximum atomic E-state index is 14.0. The summed E-state index contributed by atoms with van der Waals surface area (Å²) in [6, 6.07) is 0. The molecule has 0 aliphatic heterocycles. The van der Waals surface area contributed by atoms with Gasteiger partial charge in [0.15, 0.2) is 8.32 Å². The molecule has 0 atom stereocenters. The van der Waals surface area contributed by atoms with E-state index in [0.717, 1.165) is 6.33 Å². The highest BCUT2D eigenvalue weighted by Crippen LogP contribution is 2.37. The van der Waals surface area contributed by atoms with E-state index in [9.17, 15) is 18.9 Å². The first kappa shape index (κ1) is 20.7. The van der Waals surface area contributed by atoms with E-state index in [1.165, 1.54) is 0 Å². The van der Waals surface area contributed by atoms with Gasteiger partial charge in [0.2, 0.25) is 11.0 Å². The number of halogens is 3. The van der Waals surface area contributed by atoms with Gasteiger partial charge in [-0.15, -0.1) is 0 Å². The highest BCUT2D eigenvalue weighted by molar-refractivity contribution is 6.74. The van der Waals surface area contributed by atoms with Crippen LogP contribution in [-0.2, 0) is 4.43 Å². The molecule has 1 aromatic heterocycles. The van der Waals surface area contributed by atoms with Gasteiger partial charge in [-0.1, -0.05) is 32.4 Å². The molecule has 0 aliphatic carbocycles. The molecule has 1 rings (SSSR count). The third-order valence-corrected chi connectivity index (χ3v) is 8.68. The van der Waals surface area contributed by atoms with Crippen LogP contribution >= 0.6 is 11.6 Å². The first-order chi connectivity index (χ1) is 10.8. The Hall–Kier alpha value is -1.39. The minimum Gasteiger partial charge on any atom is -0.411 e. The van der Waals surface area contributed by atoms with Crippen LogP contribution in [0.1, 0.15) is 20.8 Å². The van der Waals surface area contributed by atoms with Crippen LogP contribution in [0.15, 0.2) is 6.33 Å². The monoisotopic (exact) mass is 382 g/mol. The predicted octanol–water partition coefficient (Wildman–Crippen LogP) is 4.11. The Kier molecular flexibility index (Phi) is 6.23. The number of nitro groups is 1. The molecule has 1 aromatic rings. The summed E-state index contributed by atoms with van der Waals surface area (Å²) < 4.78 is 33.6. The number of hydrogen-bond donors (Lipinski definition) is 1. The Morgan fingerprint density at radius 1 is 1.38 bits per heavy atom. The van der Waals surface area contributed by atoms with E-state index in [-0.39, 0.29) is 10.9 Å². The van der Waals surface area contributed by atoms with Crippen LogP contribution in [0.3, 0.4) is 0 Å². The van der Waals surface area contributed by atoms with Gasteiger partial charge < -0.3 is 9.74 Å². The van der Waals surface area contributed by atoms with Crippen LogP contribution in [0.2, 0.25) is 23.3 Å². The zero-order chi connectivity index (χ0) is 18.8. The van der Waals surface area contributed by atoms with Crippen molar-refractivity contribution in [2.24, 2.45) is 0 Å². The minimum atomic E-state index is -3.22. The molecule has 11 heteroatoms. The van der Waals surface area contributed by atoms with Gasteiger partial charge in [0.05, 0.1) is 18.1 Å². The van der Waals surface area contributed by atoms with E-state index in [1.54, 1.807) is 0 Å². The summed E-state index contributed by atoms with van der Waals surface area (Å²) in [7, 11) is -2.32. The van der Waals surface area contributed by atoms with Crippen molar-refractivity contribution in [3.05, 3.63) is 21.6 Å². The van der Waals surface area contributed by atoms with Crippen molar-refractivity contribution in [2.45, 2.75) is 44.8 Å². The van der Waals surface area contributed by atoms with Gasteiger partial charge >= 0.3 is 5.69 Å². The maximum absolute atomic E-state index is 14.0. The van der Waals surface area contributed by atoms with Crippen molar-refractivity contribution >= 4 is 31.4 Å². The zero-order valence-corrected chi connectivity index (χ0v) is 15.9. The molecule has 0 fully saturated rings. The van der Waals surface area contributed by atoms with E-state index in [2.05, 4.69) is 15.3 Å². The van der Waals surface area contributed by atoms with Crippen molar-refractivity contribution in [3.8, 4) is 0 Å². The molecule has 0 amide bonds. The normalized spacial score (nSPS) is 13.0. The summed E-state index contributed by atoms with van der Waals surface area (Å²) >= 11 is 5.61. The van der Waals surface area contributed by atoms with Crippen LogP contribution in [0, 0.1) is 10.1 Å². The third kappa shape index (κ3) is 5.31. The fourth-order valence-corrected chi connectivity index (χ4v) is 2.62. The molecule has 0 unspecified atom stereocenters. The average Bonchev–Trinajstić information content (AvgIpc) is 2.42.